The summed E-state index contributed by atoms with van der Waals surface area (Å²) in [6.45, 7) is 0. The smallest absolute Gasteiger partial charge is 0.136 e. The third-order valence-corrected chi connectivity index (χ3v) is 1.66. The predicted molar refractivity (Wildman–Crippen MR) is 58.1 cm³/mol. The summed E-state index contributed by atoms with van der Waals surface area (Å²) in [6.07, 6.45) is 5.09. The minimum absolute atomic E-state index is 0.557. The lowest BCUT2D eigenvalue weighted by Crippen LogP contribution is -2.09. The quantitative estimate of drug-likeness (QED) is 0.403. The number of pyridine rings is 1. The fourth-order valence-corrected chi connectivity index (χ4v) is 0.900. The molecule has 0 aliphatic heterocycles. The first-order chi connectivity index (χ1) is 6.20. The Hall–Kier alpha value is -1.29. The zero-order valence-corrected chi connectivity index (χ0v) is 8.45. The van der Waals surface area contributed by atoms with Gasteiger partial charge in [-0.1, -0.05) is 12.2 Å². The second-order valence-electron chi connectivity index (χ2n) is 2.76. The Labute approximate surface area is 83.1 Å². The normalized spacial score (nSPS) is 10.3. The van der Waals surface area contributed by atoms with Crippen LogP contribution in [0.1, 0.15) is 5.56 Å². The Bertz CT molecular complexity index is 306. The molecule has 13 heavy (non-hydrogen) atoms. The predicted octanol–water partition coefficient (Wildman–Crippen LogP) is 1.35. The van der Waals surface area contributed by atoms with Gasteiger partial charge in [0.25, 0.3) is 0 Å². The van der Waals surface area contributed by atoms with Gasteiger partial charge in [0.1, 0.15) is 4.99 Å². The maximum atomic E-state index is 5.07. The number of aromatic nitrogens is 1. The third-order valence-electron chi connectivity index (χ3n) is 1.31. The molecule has 0 amide bonds. The molecule has 0 bridgehead atoms. The monoisotopic (exact) mass is 193 g/mol. The van der Waals surface area contributed by atoms with Crippen molar-refractivity contribution < 1.29 is 0 Å². The average molecular weight is 193 g/mol. The maximum absolute atomic E-state index is 5.07. The summed E-state index contributed by atoms with van der Waals surface area (Å²) in [5.41, 5.74) is 0.871. The van der Waals surface area contributed by atoms with Gasteiger partial charge in [0, 0.05) is 32.1 Å². The van der Waals surface area contributed by atoms with Crippen molar-refractivity contribution >= 4 is 23.5 Å². The van der Waals surface area contributed by atoms with Gasteiger partial charge in [-0.05, 0) is 12.1 Å². The van der Waals surface area contributed by atoms with Crippen molar-refractivity contribution in [2.45, 2.75) is 0 Å². The van der Waals surface area contributed by atoms with Crippen LogP contribution in [0.25, 0.3) is 0 Å². The van der Waals surface area contributed by atoms with Crippen LogP contribution in [-0.4, -0.2) is 35.3 Å². The van der Waals surface area contributed by atoms with Crippen LogP contribution >= 0.6 is 12.2 Å². The fraction of sp³-hybridized carbons (Fsp3) is 0.222. The van der Waals surface area contributed by atoms with Crippen molar-refractivity contribution in [3.05, 3.63) is 30.1 Å². The van der Waals surface area contributed by atoms with Crippen molar-refractivity contribution in [2.24, 2.45) is 4.99 Å². The van der Waals surface area contributed by atoms with Crippen LogP contribution in [-0.2, 0) is 0 Å². The van der Waals surface area contributed by atoms with Crippen LogP contribution in [0, 0.1) is 0 Å². The van der Waals surface area contributed by atoms with Crippen LogP contribution in [0.3, 0.4) is 0 Å². The van der Waals surface area contributed by atoms with Crippen LogP contribution in [0.5, 0.6) is 0 Å². The van der Waals surface area contributed by atoms with Gasteiger partial charge in [-0.2, -0.15) is 0 Å². The van der Waals surface area contributed by atoms with Crippen molar-refractivity contribution in [3.63, 3.8) is 0 Å². The van der Waals surface area contributed by atoms with Crippen molar-refractivity contribution in [2.75, 3.05) is 14.1 Å². The molecular formula is C9H11N3S. The van der Waals surface area contributed by atoms with E-state index < -0.39 is 0 Å². The Kier molecular flexibility index (Phi) is 3.52. The van der Waals surface area contributed by atoms with Crippen LogP contribution in [0.15, 0.2) is 29.5 Å². The summed E-state index contributed by atoms with van der Waals surface area (Å²) in [5, 5.41) is 0. The molecule has 0 N–H and O–H groups in total. The Morgan fingerprint density at radius 2 is 2.38 bits per heavy atom. The summed E-state index contributed by atoms with van der Waals surface area (Å²) in [5.74, 6) is 0. The Balaban J connectivity index is 2.70. The van der Waals surface area contributed by atoms with Crippen LogP contribution in [0.4, 0.5) is 0 Å². The molecule has 0 unspecified atom stereocenters. The minimum Gasteiger partial charge on any atom is -0.369 e. The highest BCUT2D eigenvalue weighted by atomic mass is 32.1. The van der Waals surface area contributed by atoms with E-state index >= 15 is 0 Å². The van der Waals surface area contributed by atoms with E-state index in [9.17, 15) is 0 Å². The highest BCUT2D eigenvalue weighted by Gasteiger charge is 1.96. The second kappa shape index (κ2) is 4.67. The van der Waals surface area contributed by atoms with Crippen LogP contribution < -0.4 is 0 Å². The third kappa shape index (κ3) is 3.29. The minimum atomic E-state index is 0.557. The fourth-order valence-electron chi connectivity index (χ4n) is 0.732. The molecule has 68 valence electrons. The molecule has 0 aliphatic rings. The Morgan fingerprint density at radius 3 is 2.92 bits per heavy atom. The lowest BCUT2D eigenvalue weighted by molar-refractivity contribution is 0.644. The SMILES string of the molecule is CN(C)/C=N\C(=S)c1cccnc1. The van der Waals surface area contributed by atoms with Gasteiger partial charge in [0.05, 0.1) is 6.34 Å². The van der Waals surface area contributed by atoms with Gasteiger partial charge in [0.15, 0.2) is 0 Å². The first kappa shape index (κ1) is 9.80. The molecule has 0 radical (unpaired) electrons. The zero-order chi connectivity index (χ0) is 9.68. The van der Waals surface area contributed by atoms with Gasteiger partial charge in [-0.15, -0.1) is 0 Å². The molecular weight excluding hydrogens is 182 g/mol. The maximum Gasteiger partial charge on any atom is 0.136 e. The molecule has 0 saturated carbocycles. The van der Waals surface area contributed by atoms with Gasteiger partial charge in [-0.3, -0.25) is 4.98 Å². The van der Waals surface area contributed by atoms with E-state index in [1.807, 2.05) is 31.1 Å². The van der Waals surface area contributed by atoms with Gasteiger partial charge in [-0.25, -0.2) is 4.99 Å². The molecule has 0 aromatic carbocycles. The van der Waals surface area contributed by atoms with Crippen LogP contribution in [0.2, 0.25) is 0 Å². The number of thiocarbonyl (C=S) groups is 1. The van der Waals surface area contributed by atoms with E-state index in [0.717, 1.165) is 5.56 Å². The average Bonchev–Trinajstić information content (AvgIpc) is 2.15. The molecule has 0 saturated heterocycles. The molecule has 0 fully saturated rings. The second-order valence-corrected chi connectivity index (χ2v) is 3.14. The van der Waals surface area contributed by atoms with E-state index in [-0.39, 0.29) is 0 Å². The zero-order valence-electron chi connectivity index (χ0n) is 7.64. The number of hydrogen-bond acceptors (Lipinski definition) is 2. The summed E-state index contributed by atoms with van der Waals surface area (Å²) in [6, 6.07) is 3.73. The molecule has 0 spiro atoms. The number of rotatable bonds is 2. The lowest BCUT2D eigenvalue weighted by Gasteiger charge is -2.02. The van der Waals surface area contributed by atoms with E-state index in [1.54, 1.807) is 18.7 Å². The number of nitrogens with zero attached hydrogens (tertiary/aromatic N) is 3. The van der Waals surface area contributed by atoms with E-state index in [2.05, 4.69) is 9.98 Å². The molecule has 1 aromatic heterocycles. The van der Waals surface area contributed by atoms with Crippen molar-refractivity contribution in [1.82, 2.24) is 9.88 Å². The molecule has 3 nitrogen and oxygen atoms in total. The largest absolute Gasteiger partial charge is 0.369 e. The van der Waals surface area contributed by atoms with Crippen molar-refractivity contribution in [3.8, 4) is 0 Å². The lowest BCUT2D eigenvalue weighted by atomic mass is 10.3. The topological polar surface area (TPSA) is 28.5 Å². The molecule has 1 rings (SSSR count). The Morgan fingerprint density at radius 1 is 1.62 bits per heavy atom. The first-order valence-corrected chi connectivity index (χ1v) is 4.26. The summed E-state index contributed by atoms with van der Waals surface area (Å²) in [4.78, 5) is 10.4. The van der Waals surface area contributed by atoms with E-state index in [4.69, 9.17) is 12.2 Å². The molecule has 0 aliphatic carbocycles. The standard InChI is InChI=1S/C9H11N3S/c1-12(2)7-11-9(13)8-4-3-5-10-6-8/h3-7H,1-2H3/b11-7-. The molecule has 1 heterocycles. The van der Waals surface area contributed by atoms with Gasteiger partial charge in [0.2, 0.25) is 0 Å². The number of hydrogen-bond donors (Lipinski definition) is 0. The molecule has 1 aromatic rings. The summed E-state index contributed by atoms with van der Waals surface area (Å²) < 4.78 is 0. The first-order valence-electron chi connectivity index (χ1n) is 3.85. The van der Waals surface area contributed by atoms with Gasteiger partial charge >= 0.3 is 0 Å². The molecule has 4 heteroatoms. The van der Waals surface area contributed by atoms with E-state index in [1.165, 1.54) is 0 Å². The van der Waals surface area contributed by atoms with Crippen molar-refractivity contribution in [1.29, 1.82) is 0 Å². The highest BCUT2D eigenvalue weighted by Crippen LogP contribution is 1.99. The summed E-state index contributed by atoms with van der Waals surface area (Å²) in [7, 11) is 3.80. The number of aliphatic imine (C=N–C) groups is 1. The summed E-state index contributed by atoms with van der Waals surface area (Å²) >= 11 is 5.07. The highest BCUT2D eigenvalue weighted by molar-refractivity contribution is 7.80. The van der Waals surface area contributed by atoms with E-state index in [0.29, 0.717) is 4.99 Å². The molecule has 0 atom stereocenters. The van der Waals surface area contributed by atoms with Gasteiger partial charge < -0.3 is 4.90 Å².